The van der Waals surface area contributed by atoms with Crippen molar-refractivity contribution in [2.24, 2.45) is 0 Å². The molecule has 3 heteroatoms. The summed E-state index contributed by atoms with van der Waals surface area (Å²) in [5.74, 6) is 0. The number of rotatable bonds is 3. The van der Waals surface area contributed by atoms with Crippen LogP contribution in [0.1, 0.15) is 13.3 Å². The molecule has 1 aliphatic rings. The summed E-state index contributed by atoms with van der Waals surface area (Å²) < 4.78 is 17.4. The van der Waals surface area contributed by atoms with Gasteiger partial charge in [-0.25, -0.2) is 4.39 Å². The second kappa shape index (κ2) is 3.88. The Labute approximate surface area is 60.8 Å². The highest BCUT2D eigenvalue weighted by Gasteiger charge is 2.15. The lowest BCUT2D eigenvalue weighted by Crippen LogP contribution is -2.20. The van der Waals surface area contributed by atoms with Crippen LogP contribution in [0.2, 0.25) is 0 Å². The zero-order valence-electron chi connectivity index (χ0n) is 6.27. The molecule has 0 bridgehead atoms. The van der Waals surface area contributed by atoms with E-state index in [1.165, 1.54) is 6.92 Å². The summed E-state index contributed by atoms with van der Waals surface area (Å²) >= 11 is 0. The third kappa shape index (κ3) is 2.62. The Morgan fingerprint density at radius 1 is 1.80 bits per heavy atom. The summed E-state index contributed by atoms with van der Waals surface area (Å²) in [4.78, 5) is 0. The summed E-state index contributed by atoms with van der Waals surface area (Å²) in [6.45, 7) is 3.65. The molecule has 0 aromatic heterocycles. The van der Waals surface area contributed by atoms with Crippen molar-refractivity contribution in [3.63, 3.8) is 0 Å². The van der Waals surface area contributed by atoms with Gasteiger partial charge in [0.2, 0.25) is 0 Å². The molecular formula is C7H14FNO. The van der Waals surface area contributed by atoms with Crippen LogP contribution in [0.15, 0.2) is 0 Å². The van der Waals surface area contributed by atoms with Crippen molar-refractivity contribution in [1.29, 1.82) is 0 Å². The molecule has 1 heterocycles. The Balaban J connectivity index is 2.01. The minimum atomic E-state index is -0.833. The van der Waals surface area contributed by atoms with E-state index in [0.717, 1.165) is 19.5 Å². The molecule has 1 rings (SSSR count). The maximum absolute atomic E-state index is 12.2. The van der Waals surface area contributed by atoms with E-state index < -0.39 is 6.17 Å². The van der Waals surface area contributed by atoms with Crippen molar-refractivity contribution in [2.45, 2.75) is 25.6 Å². The second-order valence-corrected chi connectivity index (χ2v) is 2.73. The minimum absolute atomic E-state index is 0.242. The zero-order valence-corrected chi connectivity index (χ0v) is 6.27. The Kier molecular flexibility index (Phi) is 3.09. The second-order valence-electron chi connectivity index (χ2n) is 2.73. The SMILES string of the molecule is CC(F)COC1CCNC1. The van der Waals surface area contributed by atoms with Crippen LogP contribution in [-0.4, -0.2) is 32.0 Å². The lowest BCUT2D eigenvalue weighted by molar-refractivity contribution is 0.0344. The quantitative estimate of drug-likeness (QED) is 0.635. The fourth-order valence-electron chi connectivity index (χ4n) is 1.04. The maximum Gasteiger partial charge on any atom is 0.121 e. The molecule has 1 saturated heterocycles. The highest BCUT2D eigenvalue weighted by Crippen LogP contribution is 2.03. The molecule has 2 nitrogen and oxygen atoms in total. The Hall–Kier alpha value is -0.150. The number of halogens is 1. The first-order chi connectivity index (χ1) is 4.79. The van der Waals surface area contributed by atoms with Gasteiger partial charge in [-0.1, -0.05) is 0 Å². The van der Waals surface area contributed by atoms with Crippen LogP contribution in [0.4, 0.5) is 4.39 Å². The highest BCUT2D eigenvalue weighted by molar-refractivity contribution is 4.71. The van der Waals surface area contributed by atoms with Crippen molar-refractivity contribution in [3.8, 4) is 0 Å². The smallest absolute Gasteiger partial charge is 0.121 e. The number of alkyl halides is 1. The molecule has 0 aromatic rings. The fraction of sp³-hybridized carbons (Fsp3) is 1.00. The van der Waals surface area contributed by atoms with Gasteiger partial charge in [-0.05, 0) is 19.9 Å². The molecule has 0 aromatic carbocycles. The lowest BCUT2D eigenvalue weighted by Gasteiger charge is -2.09. The first kappa shape index (κ1) is 7.95. The third-order valence-electron chi connectivity index (χ3n) is 1.58. The molecular weight excluding hydrogens is 133 g/mol. The topological polar surface area (TPSA) is 21.3 Å². The Morgan fingerprint density at radius 2 is 2.60 bits per heavy atom. The molecule has 60 valence electrons. The molecule has 0 amide bonds. The first-order valence-corrected chi connectivity index (χ1v) is 3.75. The van der Waals surface area contributed by atoms with Crippen molar-refractivity contribution < 1.29 is 9.13 Å². The van der Waals surface area contributed by atoms with Gasteiger partial charge < -0.3 is 10.1 Å². The standard InChI is InChI=1S/C7H14FNO/c1-6(8)5-10-7-2-3-9-4-7/h6-7,9H,2-5H2,1H3. The predicted molar refractivity (Wildman–Crippen MR) is 37.8 cm³/mol. The van der Waals surface area contributed by atoms with E-state index in [2.05, 4.69) is 5.32 Å². The van der Waals surface area contributed by atoms with E-state index in [0.29, 0.717) is 0 Å². The highest BCUT2D eigenvalue weighted by atomic mass is 19.1. The van der Waals surface area contributed by atoms with E-state index >= 15 is 0 Å². The lowest BCUT2D eigenvalue weighted by atomic mass is 10.3. The monoisotopic (exact) mass is 147 g/mol. The van der Waals surface area contributed by atoms with Crippen LogP contribution in [0.5, 0.6) is 0 Å². The van der Waals surface area contributed by atoms with Crippen LogP contribution >= 0.6 is 0 Å². The molecule has 0 radical (unpaired) electrons. The van der Waals surface area contributed by atoms with Crippen molar-refractivity contribution in [1.82, 2.24) is 5.32 Å². The van der Waals surface area contributed by atoms with Gasteiger partial charge in [-0.15, -0.1) is 0 Å². The normalized spacial score (nSPS) is 28.8. The number of nitrogens with one attached hydrogen (secondary N) is 1. The van der Waals surface area contributed by atoms with E-state index in [-0.39, 0.29) is 12.7 Å². The zero-order chi connectivity index (χ0) is 7.40. The van der Waals surface area contributed by atoms with Gasteiger partial charge in [0.15, 0.2) is 0 Å². The molecule has 0 aliphatic carbocycles. The van der Waals surface area contributed by atoms with E-state index in [9.17, 15) is 4.39 Å². The van der Waals surface area contributed by atoms with Gasteiger partial charge in [-0.2, -0.15) is 0 Å². The first-order valence-electron chi connectivity index (χ1n) is 3.75. The Bertz CT molecular complexity index is 91.6. The number of hydrogen-bond donors (Lipinski definition) is 1. The van der Waals surface area contributed by atoms with Crippen molar-refractivity contribution >= 4 is 0 Å². The van der Waals surface area contributed by atoms with E-state index in [1.807, 2.05) is 0 Å². The third-order valence-corrected chi connectivity index (χ3v) is 1.58. The van der Waals surface area contributed by atoms with Gasteiger partial charge in [0.05, 0.1) is 12.7 Å². The molecule has 1 fully saturated rings. The van der Waals surface area contributed by atoms with Gasteiger partial charge in [-0.3, -0.25) is 0 Å². The molecule has 1 aliphatic heterocycles. The maximum atomic E-state index is 12.2. The molecule has 0 spiro atoms. The van der Waals surface area contributed by atoms with Crippen molar-refractivity contribution in [2.75, 3.05) is 19.7 Å². The predicted octanol–water partition coefficient (Wildman–Crippen LogP) is 0.723. The van der Waals surface area contributed by atoms with Crippen LogP contribution in [-0.2, 0) is 4.74 Å². The number of ether oxygens (including phenoxy) is 1. The van der Waals surface area contributed by atoms with Crippen LogP contribution in [0.25, 0.3) is 0 Å². The summed E-state index contributed by atoms with van der Waals surface area (Å²) in [5.41, 5.74) is 0. The van der Waals surface area contributed by atoms with Crippen molar-refractivity contribution in [3.05, 3.63) is 0 Å². The van der Waals surface area contributed by atoms with Crippen LogP contribution in [0.3, 0.4) is 0 Å². The molecule has 10 heavy (non-hydrogen) atoms. The summed E-state index contributed by atoms with van der Waals surface area (Å²) in [7, 11) is 0. The summed E-state index contributed by atoms with van der Waals surface area (Å²) in [6, 6.07) is 0. The number of hydrogen-bond acceptors (Lipinski definition) is 2. The van der Waals surface area contributed by atoms with Gasteiger partial charge in [0.25, 0.3) is 0 Å². The molecule has 1 N–H and O–H groups in total. The summed E-state index contributed by atoms with van der Waals surface area (Å²) in [5, 5.41) is 3.15. The van der Waals surface area contributed by atoms with Gasteiger partial charge in [0, 0.05) is 6.54 Å². The Morgan fingerprint density at radius 3 is 3.10 bits per heavy atom. The van der Waals surface area contributed by atoms with E-state index in [1.54, 1.807) is 0 Å². The largest absolute Gasteiger partial charge is 0.374 e. The van der Waals surface area contributed by atoms with Crippen LogP contribution < -0.4 is 5.32 Å². The average Bonchev–Trinajstić information content (AvgIpc) is 2.34. The van der Waals surface area contributed by atoms with Gasteiger partial charge in [0.1, 0.15) is 6.17 Å². The molecule has 2 atom stereocenters. The van der Waals surface area contributed by atoms with Crippen LogP contribution in [0, 0.1) is 0 Å². The average molecular weight is 147 g/mol. The molecule has 2 unspecified atom stereocenters. The van der Waals surface area contributed by atoms with Gasteiger partial charge >= 0.3 is 0 Å². The minimum Gasteiger partial charge on any atom is -0.374 e. The van der Waals surface area contributed by atoms with E-state index in [4.69, 9.17) is 4.74 Å². The molecule has 0 saturated carbocycles. The summed E-state index contributed by atoms with van der Waals surface area (Å²) in [6.07, 6.45) is 0.436. The fourth-order valence-corrected chi connectivity index (χ4v) is 1.04.